The van der Waals surface area contributed by atoms with Gasteiger partial charge in [0.25, 0.3) is 5.91 Å². The number of benzene rings is 1. The minimum atomic E-state index is -1.09. The van der Waals surface area contributed by atoms with Gasteiger partial charge in [-0.2, -0.15) is 0 Å². The lowest BCUT2D eigenvalue weighted by Gasteiger charge is -2.45. The Morgan fingerprint density at radius 2 is 1.80 bits per heavy atom. The van der Waals surface area contributed by atoms with Gasteiger partial charge in [0.2, 0.25) is 0 Å². The van der Waals surface area contributed by atoms with E-state index in [-0.39, 0.29) is 40.6 Å². The van der Waals surface area contributed by atoms with Crippen molar-refractivity contribution in [3.63, 3.8) is 0 Å². The average Bonchev–Trinajstić information content (AvgIpc) is 3.39. The number of morpholine rings is 1. The van der Waals surface area contributed by atoms with Gasteiger partial charge in [0.05, 0.1) is 42.4 Å². The van der Waals surface area contributed by atoms with Crippen LogP contribution in [0.5, 0.6) is 5.75 Å². The van der Waals surface area contributed by atoms with Gasteiger partial charge in [0.1, 0.15) is 28.6 Å². The second-order valence-corrected chi connectivity index (χ2v) is 11.0. The van der Waals surface area contributed by atoms with Gasteiger partial charge >= 0.3 is 0 Å². The molecule has 4 aliphatic rings. The van der Waals surface area contributed by atoms with Gasteiger partial charge in [-0.3, -0.25) is 14.5 Å². The summed E-state index contributed by atoms with van der Waals surface area (Å²) in [5, 5.41) is 53.4. The molecule has 3 unspecified atom stereocenters. The van der Waals surface area contributed by atoms with Gasteiger partial charge in [-0.15, -0.1) is 5.10 Å². The third-order valence-electron chi connectivity index (χ3n) is 8.46. The SMILES string of the molecule is CC(C)c1cn(-c2ccc(O)c3c2CC2CC4C(=C(O)C2=C3O)C(O)=C(C(N)=O)C(=O)C4N2CCOCC2)nn1. The summed E-state index contributed by atoms with van der Waals surface area (Å²) in [6.45, 7) is 5.64. The van der Waals surface area contributed by atoms with Crippen molar-refractivity contribution in [1.29, 1.82) is 0 Å². The molecule has 3 atom stereocenters. The number of fused-ring (bicyclic) bond motifs is 3. The van der Waals surface area contributed by atoms with Crippen LogP contribution in [-0.4, -0.2) is 84.4 Å². The van der Waals surface area contributed by atoms with Gasteiger partial charge in [0.15, 0.2) is 5.78 Å². The number of carbonyl (C=O) groups excluding carboxylic acids is 2. The number of phenolic OH excluding ortho intramolecular Hbond substituents is 1. The summed E-state index contributed by atoms with van der Waals surface area (Å²) < 4.78 is 7.06. The number of nitrogens with two attached hydrogens (primary N) is 1. The van der Waals surface area contributed by atoms with Crippen molar-refractivity contribution in [1.82, 2.24) is 19.9 Å². The van der Waals surface area contributed by atoms with E-state index in [1.807, 2.05) is 18.7 Å². The first-order valence-corrected chi connectivity index (χ1v) is 13.3. The maximum absolute atomic E-state index is 13.6. The lowest BCUT2D eigenvalue weighted by Crippen LogP contribution is -2.56. The number of hydrogen-bond acceptors (Lipinski definition) is 10. The first-order valence-electron chi connectivity index (χ1n) is 13.3. The summed E-state index contributed by atoms with van der Waals surface area (Å²) in [5.74, 6) is -4.29. The molecule has 40 heavy (non-hydrogen) atoms. The number of Topliss-reactive ketones (excluding diaryl/α,β-unsaturated/α-hetero) is 1. The number of allylic oxidation sites excluding steroid dienone is 2. The summed E-state index contributed by atoms with van der Waals surface area (Å²) in [4.78, 5) is 27.8. The molecule has 1 saturated heterocycles. The highest BCUT2D eigenvalue weighted by molar-refractivity contribution is 6.22. The molecule has 210 valence electrons. The number of aliphatic hydroxyl groups excluding tert-OH is 3. The molecule has 0 saturated carbocycles. The Hall–Kier alpha value is -4.16. The van der Waals surface area contributed by atoms with Crippen LogP contribution in [0.25, 0.3) is 11.4 Å². The van der Waals surface area contributed by atoms with E-state index < -0.39 is 46.7 Å². The average molecular weight is 550 g/mol. The van der Waals surface area contributed by atoms with Crippen molar-refractivity contribution < 1.29 is 34.8 Å². The highest BCUT2D eigenvalue weighted by Crippen LogP contribution is 2.52. The summed E-state index contributed by atoms with van der Waals surface area (Å²) >= 11 is 0. The van der Waals surface area contributed by atoms with Crippen LogP contribution in [0.3, 0.4) is 0 Å². The molecular formula is C28H31N5O7. The number of aromatic hydroxyl groups is 1. The summed E-state index contributed by atoms with van der Waals surface area (Å²) in [5.41, 5.74) is 7.24. The first-order chi connectivity index (χ1) is 19.1. The van der Waals surface area contributed by atoms with E-state index in [2.05, 4.69) is 10.3 Å². The Morgan fingerprint density at radius 3 is 2.45 bits per heavy atom. The minimum Gasteiger partial charge on any atom is -0.507 e. The van der Waals surface area contributed by atoms with Crippen LogP contribution in [0, 0.1) is 11.8 Å². The lowest BCUT2D eigenvalue weighted by atomic mass is 9.64. The summed E-state index contributed by atoms with van der Waals surface area (Å²) in [7, 11) is 0. The molecule has 6 rings (SSSR count). The van der Waals surface area contributed by atoms with Gasteiger partial charge < -0.3 is 30.9 Å². The van der Waals surface area contributed by atoms with E-state index in [9.17, 15) is 30.0 Å². The van der Waals surface area contributed by atoms with Crippen molar-refractivity contribution in [3.05, 3.63) is 63.4 Å². The monoisotopic (exact) mass is 549 g/mol. The van der Waals surface area contributed by atoms with Crippen molar-refractivity contribution in [2.24, 2.45) is 17.6 Å². The molecule has 0 bridgehead atoms. The van der Waals surface area contributed by atoms with Crippen LogP contribution in [0.15, 0.2) is 46.6 Å². The Bertz CT molecular complexity index is 1530. The molecule has 1 aliphatic heterocycles. The fourth-order valence-electron chi connectivity index (χ4n) is 6.57. The number of amides is 1. The molecule has 0 radical (unpaired) electrons. The molecule has 6 N–H and O–H groups in total. The predicted molar refractivity (Wildman–Crippen MR) is 142 cm³/mol. The van der Waals surface area contributed by atoms with Gasteiger partial charge in [0, 0.05) is 30.2 Å². The number of carbonyl (C=O) groups is 2. The van der Waals surface area contributed by atoms with Gasteiger partial charge in [-0.1, -0.05) is 19.1 Å². The van der Waals surface area contributed by atoms with Gasteiger partial charge in [-0.05, 0) is 42.4 Å². The zero-order valence-electron chi connectivity index (χ0n) is 22.2. The molecule has 2 aromatic rings. The van der Waals surface area contributed by atoms with E-state index in [0.717, 1.165) is 5.69 Å². The zero-order chi connectivity index (χ0) is 28.5. The molecule has 12 heteroatoms. The number of rotatable bonds is 4. The molecule has 3 aliphatic carbocycles. The van der Waals surface area contributed by atoms with Crippen molar-refractivity contribution >= 4 is 17.4 Å². The van der Waals surface area contributed by atoms with E-state index in [1.165, 1.54) is 6.07 Å². The number of aromatic nitrogens is 3. The fraction of sp³-hybridized carbons (Fsp3) is 0.429. The maximum atomic E-state index is 13.6. The van der Waals surface area contributed by atoms with Gasteiger partial charge in [-0.25, -0.2) is 4.68 Å². The molecule has 0 spiro atoms. The first kappa shape index (κ1) is 26.1. The largest absolute Gasteiger partial charge is 0.507 e. The van der Waals surface area contributed by atoms with Crippen LogP contribution in [0.1, 0.15) is 43.0 Å². The Kier molecular flexibility index (Phi) is 6.19. The number of primary amides is 1. The van der Waals surface area contributed by atoms with Crippen molar-refractivity contribution in [2.75, 3.05) is 26.3 Å². The third kappa shape index (κ3) is 3.81. The highest BCUT2D eigenvalue weighted by Gasteiger charge is 2.52. The quantitative estimate of drug-likeness (QED) is 0.353. The topological polar surface area (TPSA) is 184 Å². The smallest absolute Gasteiger partial charge is 0.256 e. The predicted octanol–water partition coefficient (Wildman–Crippen LogP) is 1.95. The maximum Gasteiger partial charge on any atom is 0.256 e. The van der Waals surface area contributed by atoms with E-state index in [4.69, 9.17) is 10.5 Å². The fourth-order valence-corrected chi connectivity index (χ4v) is 6.57. The molecular weight excluding hydrogens is 518 g/mol. The number of aliphatic hydroxyl groups is 3. The summed E-state index contributed by atoms with van der Waals surface area (Å²) in [6.07, 6.45) is 2.39. The molecule has 1 aromatic heterocycles. The molecule has 1 amide bonds. The standard InChI is InChI=1S/C28H31N5O7/c1-12(2)16-11-33(31-30-16)17-3-4-18(34)20-14(17)9-13-10-15-21(25(36)19(13)24(20)35)26(37)22(28(29)39)27(38)23(15)32-5-7-40-8-6-32/h3-4,11-13,15,23,34-37H,5-10H2,1-2H3,(H2,29,39). The third-order valence-corrected chi connectivity index (χ3v) is 8.46. The number of nitrogens with zero attached hydrogens (tertiary/aromatic N) is 4. The second-order valence-electron chi connectivity index (χ2n) is 11.0. The van der Waals surface area contributed by atoms with E-state index >= 15 is 0 Å². The normalized spacial score (nSPS) is 25.3. The Labute approximate surface area is 229 Å². The van der Waals surface area contributed by atoms with Crippen LogP contribution in [0.4, 0.5) is 0 Å². The summed E-state index contributed by atoms with van der Waals surface area (Å²) in [6, 6.07) is 2.29. The highest BCUT2D eigenvalue weighted by atomic mass is 16.5. The number of hydrogen-bond donors (Lipinski definition) is 5. The second kappa shape index (κ2) is 9.49. The van der Waals surface area contributed by atoms with Crippen LogP contribution >= 0.6 is 0 Å². The van der Waals surface area contributed by atoms with Crippen molar-refractivity contribution in [3.8, 4) is 11.4 Å². The molecule has 2 heterocycles. The zero-order valence-corrected chi connectivity index (χ0v) is 22.2. The van der Waals surface area contributed by atoms with E-state index in [1.54, 1.807) is 16.9 Å². The van der Waals surface area contributed by atoms with Crippen molar-refractivity contribution in [2.45, 2.75) is 38.6 Å². The number of phenols is 1. The Balaban J connectivity index is 1.53. The van der Waals surface area contributed by atoms with Crippen LogP contribution in [0.2, 0.25) is 0 Å². The Morgan fingerprint density at radius 1 is 1.07 bits per heavy atom. The van der Waals surface area contributed by atoms with E-state index in [0.29, 0.717) is 44.0 Å². The minimum absolute atomic E-state index is 0.000335. The van der Waals surface area contributed by atoms with Crippen LogP contribution < -0.4 is 5.73 Å². The number of ether oxygens (including phenoxy) is 1. The molecule has 12 nitrogen and oxygen atoms in total. The molecule has 1 aromatic carbocycles. The van der Waals surface area contributed by atoms with Crippen LogP contribution in [-0.2, 0) is 20.7 Å². The molecule has 1 fully saturated rings. The lowest BCUT2D eigenvalue weighted by molar-refractivity contribution is -0.128. The number of ketones is 1.